The van der Waals surface area contributed by atoms with Gasteiger partial charge in [-0.3, -0.25) is 4.79 Å². The van der Waals surface area contributed by atoms with Crippen molar-refractivity contribution in [2.45, 2.75) is 19.8 Å². The molecular formula is C15H17N5O. The van der Waals surface area contributed by atoms with Crippen LogP contribution in [-0.2, 0) is 11.2 Å². The average Bonchev–Trinajstić information content (AvgIpc) is 2.80. The Morgan fingerprint density at radius 2 is 2.14 bits per heavy atom. The number of para-hydroxylation sites is 1. The summed E-state index contributed by atoms with van der Waals surface area (Å²) in [6, 6.07) is 11.6. The maximum absolute atomic E-state index is 10.8. The van der Waals surface area contributed by atoms with Crippen LogP contribution in [0, 0.1) is 11.3 Å². The van der Waals surface area contributed by atoms with Crippen LogP contribution >= 0.6 is 0 Å². The van der Waals surface area contributed by atoms with Gasteiger partial charge in [0.1, 0.15) is 17.5 Å². The summed E-state index contributed by atoms with van der Waals surface area (Å²) in [6.07, 6.45) is 1.30. The molecule has 21 heavy (non-hydrogen) atoms. The van der Waals surface area contributed by atoms with E-state index in [-0.39, 0.29) is 5.91 Å². The van der Waals surface area contributed by atoms with Crippen molar-refractivity contribution in [3.05, 3.63) is 41.6 Å². The zero-order valence-electron chi connectivity index (χ0n) is 11.8. The van der Waals surface area contributed by atoms with E-state index in [1.54, 1.807) is 4.68 Å². The number of amides is 1. The lowest BCUT2D eigenvalue weighted by Crippen LogP contribution is -2.21. The number of nitrogens with one attached hydrogen (secondary N) is 1. The fourth-order valence-electron chi connectivity index (χ4n) is 2.06. The van der Waals surface area contributed by atoms with Crippen molar-refractivity contribution < 1.29 is 4.79 Å². The van der Waals surface area contributed by atoms with Gasteiger partial charge >= 0.3 is 0 Å². The number of aromatic nitrogens is 2. The van der Waals surface area contributed by atoms with E-state index in [1.165, 1.54) is 6.92 Å². The van der Waals surface area contributed by atoms with Gasteiger partial charge in [-0.2, -0.15) is 10.4 Å². The Balaban J connectivity index is 2.19. The van der Waals surface area contributed by atoms with Crippen molar-refractivity contribution in [2.24, 2.45) is 0 Å². The second kappa shape index (κ2) is 6.57. The number of carbonyl (C=O) groups is 1. The first kappa shape index (κ1) is 14.6. The van der Waals surface area contributed by atoms with Crippen molar-refractivity contribution >= 4 is 11.7 Å². The molecule has 0 saturated heterocycles. The number of anilines is 1. The summed E-state index contributed by atoms with van der Waals surface area (Å²) in [4.78, 5) is 10.8. The molecule has 0 aliphatic rings. The molecule has 3 N–H and O–H groups in total. The van der Waals surface area contributed by atoms with E-state index in [4.69, 9.17) is 5.73 Å². The van der Waals surface area contributed by atoms with Crippen molar-refractivity contribution in [3.63, 3.8) is 0 Å². The number of benzene rings is 1. The number of nitriles is 1. The third-order valence-electron chi connectivity index (χ3n) is 3.07. The van der Waals surface area contributed by atoms with Crippen LogP contribution in [-0.4, -0.2) is 22.2 Å². The first-order valence-corrected chi connectivity index (χ1v) is 6.71. The van der Waals surface area contributed by atoms with Crippen LogP contribution in [0.3, 0.4) is 0 Å². The third kappa shape index (κ3) is 3.39. The Morgan fingerprint density at radius 1 is 1.43 bits per heavy atom. The van der Waals surface area contributed by atoms with Gasteiger partial charge in [-0.1, -0.05) is 18.2 Å². The number of hydrogen-bond acceptors (Lipinski definition) is 4. The highest BCUT2D eigenvalue weighted by molar-refractivity contribution is 5.72. The summed E-state index contributed by atoms with van der Waals surface area (Å²) in [5.41, 5.74) is 7.89. The molecule has 0 spiro atoms. The van der Waals surface area contributed by atoms with Gasteiger partial charge in [0, 0.05) is 13.5 Å². The quantitative estimate of drug-likeness (QED) is 0.810. The molecule has 6 nitrogen and oxygen atoms in total. The molecule has 1 aromatic carbocycles. The number of nitrogens with two attached hydrogens (primary N) is 1. The lowest BCUT2D eigenvalue weighted by atomic mass is 10.1. The minimum atomic E-state index is -0.0650. The Hall–Kier alpha value is -2.81. The number of aryl methyl sites for hydroxylation is 1. The van der Waals surface area contributed by atoms with Crippen LogP contribution in [0.4, 0.5) is 5.82 Å². The molecule has 0 atom stereocenters. The van der Waals surface area contributed by atoms with Crippen molar-refractivity contribution in [1.29, 1.82) is 5.26 Å². The Labute approximate surface area is 123 Å². The van der Waals surface area contributed by atoms with Crippen LogP contribution in [0.2, 0.25) is 0 Å². The standard InChI is InChI=1S/C15H17N5O/c1-11(21)18-9-5-8-14-13(10-16)15(17)20(19-14)12-6-3-2-4-7-12/h2-4,6-7H,5,8-9,17H2,1H3,(H,18,21). The molecule has 1 amide bonds. The first-order chi connectivity index (χ1) is 10.1. The minimum Gasteiger partial charge on any atom is -0.382 e. The molecule has 0 aliphatic heterocycles. The van der Waals surface area contributed by atoms with Gasteiger partial charge in [0.05, 0.1) is 11.4 Å². The van der Waals surface area contributed by atoms with Gasteiger partial charge in [-0.25, -0.2) is 4.68 Å². The lowest BCUT2D eigenvalue weighted by Gasteiger charge is -2.02. The van der Waals surface area contributed by atoms with E-state index in [1.807, 2.05) is 30.3 Å². The van der Waals surface area contributed by atoms with Crippen LogP contribution in [0.25, 0.3) is 5.69 Å². The second-order valence-electron chi connectivity index (χ2n) is 4.65. The number of carbonyl (C=O) groups excluding carboxylic acids is 1. The summed E-state index contributed by atoms with van der Waals surface area (Å²) < 4.78 is 1.58. The second-order valence-corrected chi connectivity index (χ2v) is 4.65. The molecule has 0 bridgehead atoms. The van der Waals surface area contributed by atoms with E-state index in [0.29, 0.717) is 36.5 Å². The molecule has 1 aromatic heterocycles. The lowest BCUT2D eigenvalue weighted by molar-refractivity contribution is -0.118. The number of nitrogens with zero attached hydrogens (tertiary/aromatic N) is 3. The highest BCUT2D eigenvalue weighted by Gasteiger charge is 2.15. The predicted octanol–water partition coefficient (Wildman–Crippen LogP) is 1.39. The minimum absolute atomic E-state index is 0.0650. The van der Waals surface area contributed by atoms with Crippen LogP contribution in [0.5, 0.6) is 0 Å². The van der Waals surface area contributed by atoms with Gasteiger partial charge in [0.25, 0.3) is 0 Å². The summed E-state index contributed by atoms with van der Waals surface area (Å²) in [7, 11) is 0. The Bertz CT molecular complexity index is 669. The van der Waals surface area contributed by atoms with Crippen LogP contribution in [0.15, 0.2) is 30.3 Å². The molecule has 0 unspecified atom stereocenters. The molecule has 0 radical (unpaired) electrons. The highest BCUT2D eigenvalue weighted by Crippen LogP contribution is 2.21. The van der Waals surface area contributed by atoms with Gasteiger partial charge in [0.15, 0.2) is 0 Å². The van der Waals surface area contributed by atoms with Crippen LogP contribution in [0.1, 0.15) is 24.6 Å². The summed E-state index contributed by atoms with van der Waals surface area (Å²) in [6.45, 7) is 2.03. The monoisotopic (exact) mass is 283 g/mol. The van der Waals surface area contributed by atoms with Gasteiger partial charge < -0.3 is 11.1 Å². The van der Waals surface area contributed by atoms with Gasteiger partial charge in [0.2, 0.25) is 5.91 Å². The zero-order chi connectivity index (χ0) is 15.2. The maximum atomic E-state index is 10.8. The van der Waals surface area contributed by atoms with Crippen molar-refractivity contribution in [1.82, 2.24) is 15.1 Å². The van der Waals surface area contributed by atoms with E-state index >= 15 is 0 Å². The fourth-order valence-corrected chi connectivity index (χ4v) is 2.06. The summed E-state index contributed by atoms with van der Waals surface area (Å²) in [5, 5.41) is 16.4. The molecular weight excluding hydrogens is 266 g/mol. The zero-order valence-corrected chi connectivity index (χ0v) is 11.8. The van der Waals surface area contributed by atoms with E-state index in [0.717, 1.165) is 5.69 Å². The molecule has 2 rings (SSSR count). The molecule has 0 saturated carbocycles. The summed E-state index contributed by atoms with van der Waals surface area (Å²) in [5.74, 6) is 0.281. The normalized spacial score (nSPS) is 10.1. The number of nitrogen functional groups attached to an aromatic ring is 1. The molecule has 2 aromatic rings. The van der Waals surface area contributed by atoms with Crippen molar-refractivity contribution in [2.75, 3.05) is 12.3 Å². The van der Waals surface area contributed by atoms with E-state index in [9.17, 15) is 10.1 Å². The van der Waals surface area contributed by atoms with Gasteiger partial charge in [-0.05, 0) is 25.0 Å². The van der Waals surface area contributed by atoms with Gasteiger partial charge in [-0.15, -0.1) is 0 Å². The number of rotatable bonds is 5. The molecule has 6 heteroatoms. The average molecular weight is 283 g/mol. The highest BCUT2D eigenvalue weighted by atomic mass is 16.1. The van der Waals surface area contributed by atoms with E-state index < -0.39 is 0 Å². The predicted molar refractivity (Wildman–Crippen MR) is 79.7 cm³/mol. The summed E-state index contributed by atoms with van der Waals surface area (Å²) >= 11 is 0. The maximum Gasteiger partial charge on any atom is 0.216 e. The Kier molecular flexibility index (Phi) is 4.57. The smallest absolute Gasteiger partial charge is 0.216 e. The number of hydrogen-bond donors (Lipinski definition) is 2. The molecule has 0 fully saturated rings. The molecule has 108 valence electrons. The SMILES string of the molecule is CC(=O)NCCCc1nn(-c2ccccc2)c(N)c1C#N. The Morgan fingerprint density at radius 3 is 2.76 bits per heavy atom. The largest absolute Gasteiger partial charge is 0.382 e. The third-order valence-corrected chi connectivity index (χ3v) is 3.07. The molecule has 1 heterocycles. The fraction of sp³-hybridized carbons (Fsp3) is 0.267. The molecule has 0 aliphatic carbocycles. The first-order valence-electron chi connectivity index (χ1n) is 6.71. The van der Waals surface area contributed by atoms with Crippen molar-refractivity contribution in [3.8, 4) is 11.8 Å². The van der Waals surface area contributed by atoms with Crippen LogP contribution < -0.4 is 11.1 Å². The topological polar surface area (TPSA) is 96.7 Å². The van der Waals surface area contributed by atoms with E-state index in [2.05, 4.69) is 16.5 Å².